The molecule has 0 spiro atoms. The van der Waals surface area contributed by atoms with Gasteiger partial charge in [0.1, 0.15) is 23.7 Å². The molecule has 12 heteroatoms. The fraction of sp³-hybridized carbons (Fsp3) is 0.281. The van der Waals surface area contributed by atoms with Crippen LogP contribution in [0.3, 0.4) is 0 Å². The highest BCUT2D eigenvalue weighted by Gasteiger charge is 2.30. The van der Waals surface area contributed by atoms with E-state index in [4.69, 9.17) is 9.57 Å². The van der Waals surface area contributed by atoms with Crippen LogP contribution in [0.15, 0.2) is 72.9 Å². The molecule has 10 nitrogen and oxygen atoms in total. The maximum absolute atomic E-state index is 14.7. The van der Waals surface area contributed by atoms with E-state index in [9.17, 15) is 9.18 Å². The largest absolute Gasteiger partial charge is 0.494 e. The molecule has 0 saturated carbocycles. The summed E-state index contributed by atoms with van der Waals surface area (Å²) in [4.78, 5) is 32.3. The number of rotatable bonds is 12. The van der Waals surface area contributed by atoms with Crippen LogP contribution in [0, 0.1) is 5.82 Å². The van der Waals surface area contributed by atoms with Gasteiger partial charge in [0.05, 0.1) is 36.8 Å². The SMILES string of the molecule is C=CC(=O)Nc1cc(Nc2cc(N3OCC[C@@H]3c3cc(F)cc(-c4cccs4)c3)ncn2)c(OC)cc1N(C)CCN(C)C. The Hall–Kier alpha value is -4.52. The van der Waals surface area contributed by atoms with Crippen molar-refractivity contribution in [3.63, 3.8) is 0 Å². The molecular formula is C32H36FN7O3S. The fourth-order valence-electron chi connectivity index (χ4n) is 4.97. The molecule has 230 valence electrons. The van der Waals surface area contributed by atoms with Crippen molar-refractivity contribution in [3.05, 3.63) is 84.3 Å². The van der Waals surface area contributed by atoms with Crippen LogP contribution in [0.25, 0.3) is 10.4 Å². The maximum atomic E-state index is 14.7. The summed E-state index contributed by atoms with van der Waals surface area (Å²) in [5, 5.41) is 9.89. The molecule has 0 radical (unpaired) electrons. The Labute approximate surface area is 260 Å². The zero-order valence-electron chi connectivity index (χ0n) is 25.2. The molecule has 3 heterocycles. The zero-order valence-corrected chi connectivity index (χ0v) is 26.0. The molecular weight excluding hydrogens is 581 g/mol. The lowest BCUT2D eigenvalue weighted by molar-refractivity contribution is -0.111. The monoisotopic (exact) mass is 617 g/mol. The summed E-state index contributed by atoms with van der Waals surface area (Å²) in [6.07, 6.45) is 3.34. The average molecular weight is 618 g/mol. The number of halogens is 1. The molecule has 0 bridgehead atoms. The van der Waals surface area contributed by atoms with Gasteiger partial charge in [-0.25, -0.2) is 19.4 Å². The average Bonchev–Trinajstić information content (AvgIpc) is 3.73. The van der Waals surface area contributed by atoms with E-state index in [1.807, 2.05) is 50.8 Å². The number of amides is 1. The number of ether oxygens (including phenoxy) is 1. The van der Waals surface area contributed by atoms with Crippen molar-refractivity contribution in [3.8, 4) is 16.2 Å². The van der Waals surface area contributed by atoms with Gasteiger partial charge in [-0.3, -0.25) is 9.63 Å². The van der Waals surface area contributed by atoms with Crippen molar-refractivity contribution in [2.24, 2.45) is 0 Å². The summed E-state index contributed by atoms with van der Waals surface area (Å²) in [6, 6.07) is 14.2. The van der Waals surface area contributed by atoms with Crippen LogP contribution in [0.5, 0.6) is 5.75 Å². The Balaban J connectivity index is 1.43. The van der Waals surface area contributed by atoms with Crippen LogP contribution in [0.2, 0.25) is 0 Å². The Morgan fingerprint density at radius 1 is 1.18 bits per heavy atom. The third kappa shape index (κ3) is 7.16. The Morgan fingerprint density at radius 2 is 2.02 bits per heavy atom. The van der Waals surface area contributed by atoms with Gasteiger partial charge in [-0.1, -0.05) is 12.6 Å². The predicted octanol–water partition coefficient (Wildman–Crippen LogP) is 6.10. The minimum Gasteiger partial charge on any atom is -0.494 e. The first kappa shape index (κ1) is 30.9. The van der Waals surface area contributed by atoms with Crippen LogP contribution in [0.4, 0.5) is 33.1 Å². The number of thiophene rings is 1. The quantitative estimate of drug-likeness (QED) is 0.183. The highest BCUT2D eigenvalue weighted by molar-refractivity contribution is 7.13. The fourth-order valence-corrected chi connectivity index (χ4v) is 5.68. The number of hydroxylamine groups is 1. The Bertz CT molecular complexity index is 1620. The summed E-state index contributed by atoms with van der Waals surface area (Å²) in [5.41, 5.74) is 3.60. The zero-order chi connectivity index (χ0) is 31.2. The van der Waals surface area contributed by atoms with Crippen molar-refractivity contribution >= 4 is 45.9 Å². The van der Waals surface area contributed by atoms with Gasteiger partial charge in [-0.05, 0) is 67.0 Å². The summed E-state index contributed by atoms with van der Waals surface area (Å²) in [7, 11) is 7.56. The highest BCUT2D eigenvalue weighted by atomic mass is 32.1. The summed E-state index contributed by atoms with van der Waals surface area (Å²) < 4.78 is 20.5. The molecule has 0 aliphatic carbocycles. The molecule has 1 saturated heterocycles. The molecule has 2 aromatic carbocycles. The van der Waals surface area contributed by atoms with Crippen LogP contribution in [-0.2, 0) is 9.63 Å². The Kier molecular flexibility index (Phi) is 9.73. The van der Waals surface area contributed by atoms with Crippen LogP contribution in [0.1, 0.15) is 18.0 Å². The van der Waals surface area contributed by atoms with E-state index in [0.29, 0.717) is 41.8 Å². The third-order valence-electron chi connectivity index (χ3n) is 7.21. The van der Waals surface area contributed by atoms with Crippen molar-refractivity contribution in [2.75, 3.05) is 68.5 Å². The minimum absolute atomic E-state index is 0.237. The maximum Gasteiger partial charge on any atom is 0.247 e. The molecule has 1 atom stereocenters. The van der Waals surface area contributed by atoms with Crippen LogP contribution < -0.4 is 25.3 Å². The van der Waals surface area contributed by atoms with Crippen molar-refractivity contribution in [2.45, 2.75) is 12.5 Å². The van der Waals surface area contributed by atoms with E-state index in [1.54, 1.807) is 47.8 Å². The number of methoxy groups -OCH3 is 1. The van der Waals surface area contributed by atoms with Gasteiger partial charge in [0.25, 0.3) is 0 Å². The number of hydrogen-bond acceptors (Lipinski definition) is 10. The topological polar surface area (TPSA) is 95.1 Å². The molecule has 44 heavy (non-hydrogen) atoms. The van der Waals surface area contributed by atoms with E-state index < -0.39 is 0 Å². The number of hydrogen-bond donors (Lipinski definition) is 2. The van der Waals surface area contributed by atoms with E-state index in [2.05, 4.69) is 37.0 Å². The smallest absolute Gasteiger partial charge is 0.247 e. The first-order valence-corrected chi connectivity index (χ1v) is 15.0. The number of benzene rings is 2. The molecule has 4 aromatic rings. The first-order chi connectivity index (χ1) is 21.2. The Morgan fingerprint density at radius 3 is 2.75 bits per heavy atom. The predicted molar refractivity (Wildman–Crippen MR) is 174 cm³/mol. The number of likely N-dealkylation sites (N-methyl/N-ethyl adjacent to an activating group) is 2. The van der Waals surface area contributed by atoms with Gasteiger partial charge in [0.15, 0.2) is 5.82 Å². The summed E-state index contributed by atoms with van der Waals surface area (Å²) >= 11 is 1.57. The van der Waals surface area contributed by atoms with E-state index in [0.717, 1.165) is 34.8 Å². The number of aromatic nitrogens is 2. The molecule has 1 aliphatic heterocycles. The lowest BCUT2D eigenvalue weighted by Crippen LogP contribution is -2.29. The van der Waals surface area contributed by atoms with Crippen molar-refractivity contribution < 1.29 is 18.8 Å². The molecule has 1 aliphatic rings. The lowest BCUT2D eigenvalue weighted by atomic mass is 10.0. The van der Waals surface area contributed by atoms with Gasteiger partial charge >= 0.3 is 0 Å². The molecule has 1 amide bonds. The standard InChI is InChI=1S/C32H36FN7O3S/c1-6-32(41)37-24-17-25(28(42-5)18-27(24)39(4)11-10-38(2)3)36-30-19-31(35-20-34-30)40-26(9-12-43-40)21-14-22(16-23(33)15-21)29-8-7-13-44-29/h6-8,13-20,26H,1,9-12H2,2-5H3,(H,37,41)(H,34,35,36)/t26-/m1/s1. The summed E-state index contributed by atoms with van der Waals surface area (Å²) in [5.74, 6) is 0.932. The second kappa shape index (κ2) is 13.8. The van der Waals surface area contributed by atoms with Gasteiger partial charge in [0.2, 0.25) is 5.91 Å². The second-order valence-electron chi connectivity index (χ2n) is 10.6. The molecule has 1 fully saturated rings. The van der Waals surface area contributed by atoms with E-state index >= 15 is 0 Å². The van der Waals surface area contributed by atoms with Gasteiger partial charge in [-0.15, -0.1) is 11.3 Å². The highest BCUT2D eigenvalue weighted by Crippen LogP contribution is 2.40. The van der Waals surface area contributed by atoms with Gasteiger partial charge in [0, 0.05) is 43.6 Å². The van der Waals surface area contributed by atoms with Crippen molar-refractivity contribution in [1.29, 1.82) is 0 Å². The first-order valence-electron chi connectivity index (χ1n) is 14.1. The normalized spacial score (nSPS) is 14.5. The molecule has 2 aromatic heterocycles. The van der Waals surface area contributed by atoms with Crippen LogP contribution >= 0.6 is 11.3 Å². The van der Waals surface area contributed by atoms with E-state index in [-0.39, 0.29) is 17.8 Å². The van der Waals surface area contributed by atoms with Gasteiger partial charge in [-0.2, -0.15) is 0 Å². The van der Waals surface area contributed by atoms with E-state index in [1.165, 1.54) is 12.4 Å². The minimum atomic E-state index is -0.329. The third-order valence-corrected chi connectivity index (χ3v) is 8.13. The number of anilines is 5. The number of nitrogens with one attached hydrogen (secondary N) is 2. The number of carbonyl (C=O) groups is 1. The lowest BCUT2D eigenvalue weighted by Gasteiger charge is -2.26. The second-order valence-corrected chi connectivity index (χ2v) is 11.5. The van der Waals surface area contributed by atoms with Crippen molar-refractivity contribution in [1.82, 2.24) is 14.9 Å². The molecule has 0 unspecified atom stereocenters. The van der Waals surface area contributed by atoms with Gasteiger partial charge < -0.3 is 25.2 Å². The number of carbonyl (C=O) groups excluding carboxylic acids is 1. The number of nitrogens with zero attached hydrogens (tertiary/aromatic N) is 5. The molecule has 2 N–H and O–H groups in total. The summed E-state index contributed by atoms with van der Waals surface area (Å²) in [6.45, 7) is 5.60. The van der Waals surface area contributed by atoms with Crippen LogP contribution in [-0.4, -0.2) is 68.7 Å². The molecule has 5 rings (SSSR count).